The maximum atomic E-state index is 2.49. The molecule has 0 unspecified atom stereocenters. The van der Waals surface area contributed by atoms with E-state index in [1.807, 2.05) is 24.3 Å². The minimum atomic E-state index is 1.21. The highest BCUT2D eigenvalue weighted by atomic mass is 32.1. The highest BCUT2D eigenvalue weighted by Gasteiger charge is 2.21. The molecule has 67 heavy (non-hydrogen) atoms. The predicted molar refractivity (Wildman–Crippen MR) is 294 cm³/mol. The van der Waals surface area contributed by atoms with Gasteiger partial charge in [0.15, 0.2) is 0 Å². The van der Waals surface area contributed by atoms with Crippen LogP contribution in [0.5, 0.6) is 0 Å². The minimum Gasteiger partial charge on any atom is -0.136 e. The van der Waals surface area contributed by atoms with Crippen LogP contribution in [0.15, 0.2) is 243 Å². The van der Waals surface area contributed by atoms with Crippen LogP contribution in [0.1, 0.15) is 18.7 Å². The average molecular weight is 871 g/mol. The molecule has 0 saturated carbocycles. The van der Waals surface area contributed by atoms with Gasteiger partial charge in [0, 0.05) is 9.75 Å². The van der Waals surface area contributed by atoms with E-state index in [0.717, 1.165) is 0 Å². The third-order valence-corrected chi connectivity index (χ3v) is 14.8. The number of fused-ring (bicyclic) bond motifs is 6. The van der Waals surface area contributed by atoms with E-state index in [9.17, 15) is 0 Å². The molecule has 1 aromatic heterocycles. The molecule has 0 atom stereocenters. The van der Waals surface area contributed by atoms with Gasteiger partial charge in [-0.2, -0.15) is 0 Å². The van der Waals surface area contributed by atoms with Crippen LogP contribution < -0.4 is 0 Å². The van der Waals surface area contributed by atoms with Gasteiger partial charge >= 0.3 is 0 Å². The third kappa shape index (κ3) is 7.17. The lowest BCUT2D eigenvalue weighted by Crippen LogP contribution is -1.94. The molecule has 0 spiro atoms. The first-order valence-electron chi connectivity index (χ1n) is 23.2. The summed E-state index contributed by atoms with van der Waals surface area (Å²) in [7, 11) is 0. The second-order valence-corrected chi connectivity index (χ2v) is 18.6. The van der Waals surface area contributed by atoms with Crippen molar-refractivity contribution in [1.82, 2.24) is 0 Å². The van der Waals surface area contributed by atoms with Crippen LogP contribution >= 0.6 is 11.3 Å². The molecule has 0 fully saturated rings. The van der Waals surface area contributed by atoms with Crippen molar-refractivity contribution >= 4 is 81.5 Å². The highest BCUT2D eigenvalue weighted by molar-refractivity contribution is 7.16. The van der Waals surface area contributed by atoms with E-state index in [1.54, 1.807) is 0 Å². The normalized spacial score (nSPS) is 12.3. The van der Waals surface area contributed by atoms with Crippen LogP contribution in [0.25, 0.3) is 125 Å². The van der Waals surface area contributed by atoms with E-state index in [-0.39, 0.29) is 0 Å². The Morgan fingerprint density at radius 3 is 1.25 bits per heavy atom. The largest absolute Gasteiger partial charge is 0.136 e. The monoisotopic (exact) mass is 870 g/mol. The summed E-state index contributed by atoms with van der Waals surface area (Å²) in [6.07, 6.45) is 10.5. The molecule has 0 nitrogen and oxygen atoms in total. The van der Waals surface area contributed by atoms with Crippen LogP contribution in [-0.2, 0) is 0 Å². The highest BCUT2D eigenvalue weighted by Crippen LogP contribution is 2.49. The summed E-state index contributed by atoms with van der Waals surface area (Å²) < 4.78 is 0. The van der Waals surface area contributed by atoms with Crippen molar-refractivity contribution in [3.63, 3.8) is 0 Å². The van der Waals surface area contributed by atoms with Gasteiger partial charge in [-0.25, -0.2) is 0 Å². The first kappa shape index (κ1) is 40.4. The Morgan fingerprint density at radius 2 is 0.731 bits per heavy atom. The SMILES string of the molecule is C\C=C/C=C\C=C(/C)c1ccc(-c2ccc(-c3c4ccccc4c(-c4ccc5c(-c6ccc7ccccc7c6)c6ccccc6c(-c6ccc7ccccc7c6)c5c4)c4ccccc34)cc2)s1. The van der Waals surface area contributed by atoms with Gasteiger partial charge in [0.2, 0.25) is 0 Å². The van der Waals surface area contributed by atoms with Crippen molar-refractivity contribution in [2.75, 3.05) is 0 Å². The molecule has 12 aromatic rings. The number of hydrogen-bond acceptors (Lipinski definition) is 1. The van der Waals surface area contributed by atoms with E-state index in [2.05, 4.69) is 244 Å². The van der Waals surface area contributed by atoms with E-state index >= 15 is 0 Å². The smallest absolute Gasteiger partial charge is 0.0349 e. The first-order chi connectivity index (χ1) is 33.1. The zero-order valence-electron chi connectivity index (χ0n) is 37.5. The lowest BCUT2D eigenvalue weighted by atomic mass is 9.82. The summed E-state index contributed by atoms with van der Waals surface area (Å²) in [6.45, 7) is 4.22. The maximum Gasteiger partial charge on any atom is 0.0349 e. The van der Waals surface area contributed by atoms with Crippen molar-refractivity contribution in [2.24, 2.45) is 0 Å². The van der Waals surface area contributed by atoms with E-state index in [1.165, 1.54) is 130 Å². The van der Waals surface area contributed by atoms with Crippen LogP contribution in [0.4, 0.5) is 0 Å². The first-order valence-corrected chi connectivity index (χ1v) is 24.0. The molecule has 0 N–H and O–H groups in total. The van der Waals surface area contributed by atoms with Crippen LogP contribution in [0, 0.1) is 0 Å². The topological polar surface area (TPSA) is 0 Å². The van der Waals surface area contributed by atoms with E-state index in [4.69, 9.17) is 0 Å². The molecular weight excluding hydrogens is 825 g/mol. The number of hydrogen-bond donors (Lipinski definition) is 0. The van der Waals surface area contributed by atoms with Gasteiger partial charge in [-0.15, -0.1) is 11.3 Å². The minimum absolute atomic E-state index is 1.21. The van der Waals surface area contributed by atoms with E-state index < -0.39 is 0 Å². The Kier molecular flexibility index (Phi) is 10.3. The zero-order valence-corrected chi connectivity index (χ0v) is 38.3. The number of allylic oxidation sites excluding steroid dienone is 6. The fourth-order valence-electron chi connectivity index (χ4n) is 10.4. The molecule has 0 aliphatic heterocycles. The van der Waals surface area contributed by atoms with Gasteiger partial charge in [-0.1, -0.05) is 212 Å². The molecule has 0 amide bonds. The van der Waals surface area contributed by atoms with Crippen LogP contribution in [0.2, 0.25) is 0 Å². The molecule has 12 rings (SSSR count). The lowest BCUT2D eigenvalue weighted by molar-refractivity contribution is 1.65. The Morgan fingerprint density at radius 1 is 0.328 bits per heavy atom. The quantitative estimate of drug-likeness (QED) is 0.105. The third-order valence-electron chi connectivity index (χ3n) is 13.5. The molecule has 316 valence electrons. The zero-order chi connectivity index (χ0) is 44.8. The van der Waals surface area contributed by atoms with Gasteiger partial charge in [0.1, 0.15) is 0 Å². The number of rotatable bonds is 8. The molecular formula is C66H46S. The molecule has 0 bridgehead atoms. The average Bonchev–Trinajstić information content (AvgIpc) is 3.89. The number of thiophene rings is 1. The van der Waals surface area contributed by atoms with Gasteiger partial charge in [-0.05, 0) is 164 Å². The molecule has 0 radical (unpaired) electrons. The van der Waals surface area contributed by atoms with Gasteiger partial charge in [0.25, 0.3) is 0 Å². The molecule has 1 heterocycles. The Hall–Kier alpha value is -8.10. The van der Waals surface area contributed by atoms with Crippen molar-refractivity contribution in [1.29, 1.82) is 0 Å². The van der Waals surface area contributed by atoms with Crippen molar-refractivity contribution < 1.29 is 0 Å². The summed E-state index contributed by atoms with van der Waals surface area (Å²) in [5, 5.41) is 15.0. The maximum absolute atomic E-state index is 2.49. The van der Waals surface area contributed by atoms with Crippen molar-refractivity contribution in [2.45, 2.75) is 13.8 Å². The van der Waals surface area contributed by atoms with E-state index in [0.29, 0.717) is 0 Å². The van der Waals surface area contributed by atoms with Crippen LogP contribution in [-0.4, -0.2) is 0 Å². The van der Waals surface area contributed by atoms with Gasteiger partial charge < -0.3 is 0 Å². The summed E-state index contributed by atoms with van der Waals surface area (Å²) >= 11 is 1.84. The van der Waals surface area contributed by atoms with Crippen LogP contribution in [0.3, 0.4) is 0 Å². The lowest BCUT2D eigenvalue weighted by Gasteiger charge is -2.21. The second kappa shape index (κ2) is 17.0. The Labute approximate surface area is 395 Å². The molecule has 0 aliphatic carbocycles. The summed E-state index contributed by atoms with van der Waals surface area (Å²) in [5.74, 6) is 0. The second-order valence-electron chi connectivity index (χ2n) is 17.5. The molecule has 0 saturated heterocycles. The van der Waals surface area contributed by atoms with Gasteiger partial charge in [0.05, 0.1) is 0 Å². The van der Waals surface area contributed by atoms with Crippen molar-refractivity contribution in [3.8, 4) is 54.9 Å². The molecule has 11 aromatic carbocycles. The predicted octanol–water partition coefficient (Wildman–Crippen LogP) is 19.5. The molecule has 1 heteroatoms. The summed E-state index contributed by atoms with van der Waals surface area (Å²) in [6, 6.07) is 79.3. The standard InChI is InChI=1S/C66H46S/c1-3-4-5-6-17-43(2)61-38-39-62(67-61)46-30-32-47(33-31-46)63-53-22-11-13-24-55(53)65(56-25-14-12-23-54(56)63)52-36-37-59-60(42-52)66(51-35-29-45-19-8-10-21-49(45)41-51)58-27-16-15-26-57(58)64(59)50-34-28-44-18-7-9-20-48(44)40-50/h3-42H,1-2H3/b4-3-,6-5-,43-17+. The summed E-state index contributed by atoms with van der Waals surface area (Å²) in [4.78, 5) is 2.56. The summed E-state index contributed by atoms with van der Waals surface area (Å²) in [5.41, 5.74) is 12.4. The van der Waals surface area contributed by atoms with Crippen molar-refractivity contribution in [3.05, 3.63) is 248 Å². The fourth-order valence-corrected chi connectivity index (χ4v) is 11.4. The molecule has 0 aliphatic rings. The van der Waals surface area contributed by atoms with Gasteiger partial charge in [-0.3, -0.25) is 0 Å². The Balaban J connectivity index is 1.06. The fraction of sp³-hybridized carbons (Fsp3) is 0.0303. The number of benzene rings is 11. The Bertz CT molecular complexity index is 3930.